The second-order valence-corrected chi connectivity index (χ2v) is 7.55. The zero-order valence-electron chi connectivity index (χ0n) is 18.0. The number of hydrazone groups is 1. The summed E-state index contributed by atoms with van der Waals surface area (Å²) in [7, 11) is 1.46. The van der Waals surface area contributed by atoms with Crippen molar-refractivity contribution in [1.29, 1.82) is 0 Å². The Morgan fingerprint density at radius 2 is 1.94 bits per heavy atom. The zero-order valence-corrected chi connectivity index (χ0v) is 19.6. The van der Waals surface area contributed by atoms with E-state index in [1.54, 1.807) is 18.2 Å². The van der Waals surface area contributed by atoms with E-state index in [1.165, 1.54) is 13.3 Å². The Morgan fingerprint density at radius 1 is 1.16 bits per heavy atom. The van der Waals surface area contributed by atoms with Crippen molar-refractivity contribution in [2.24, 2.45) is 5.10 Å². The molecule has 0 aromatic heterocycles. The fraction of sp³-hybridized carbons (Fsp3) is 0.273. The van der Waals surface area contributed by atoms with Crippen molar-refractivity contribution in [1.82, 2.24) is 10.7 Å². The lowest BCUT2D eigenvalue weighted by molar-refractivity contribution is -0.139. The summed E-state index contributed by atoms with van der Waals surface area (Å²) in [5.41, 5.74) is 4.44. The molecule has 0 saturated carbocycles. The van der Waals surface area contributed by atoms with E-state index in [2.05, 4.69) is 37.1 Å². The highest BCUT2D eigenvalue weighted by Crippen LogP contribution is 2.36. The summed E-state index contributed by atoms with van der Waals surface area (Å²) in [6.07, 6.45) is 2.07. The van der Waals surface area contributed by atoms with Gasteiger partial charge < -0.3 is 20.1 Å². The maximum Gasteiger partial charge on any atom is 0.329 e. The third-order valence-corrected chi connectivity index (χ3v) is 4.61. The number of amides is 3. The summed E-state index contributed by atoms with van der Waals surface area (Å²) < 4.78 is 11.5. The van der Waals surface area contributed by atoms with Gasteiger partial charge in [-0.3, -0.25) is 14.4 Å². The van der Waals surface area contributed by atoms with E-state index in [0.29, 0.717) is 33.8 Å². The summed E-state index contributed by atoms with van der Waals surface area (Å²) in [5.74, 6) is -1.24. The van der Waals surface area contributed by atoms with Crippen LogP contribution in [-0.4, -0.2) is 44.2 Å². The first-order valence-electron chi connectivity index (χ1n) is 9.82. The van der Waals surface area contributed by atoms with Crippen molar-refractivity contribution in [3.63, 3.8) is 0 Å². The number of nitrogens with one attached hydrogen (secondary N) is 3. The topological polar surface area (TPSA) is 118 Å². The van der Waals surface area contributed by atoms with Gasteiger partial charge in [0.1, 0.15) is 0 Å². The van der Waals surface area contributed by atoms with Crippen LogP contribution in [0.5, 0.6) is 11.5 Å². The van der Waals surface area contributed by atoms with Gasteiger partial charge in [-0.15, -0.1) is 0 Å². The van der Waals surface area contributed by atoms with Gasteiger partial charge in [-0.05, 0) is 64.7 Å². The van der Waals surface area contributed by atoms with Crippen molar-refractivity contribution in [3.05, 3.63) is 52.0 Å². The van der Waals surface area contributed by atoms with Gasteiger partial charge in [0, 0.05) is 12.2 Å². The molecule has 0 saturated heterocycles. The van der Waals surface area contributed by atoms with Gasteiger partial charge in [0.25, 0.3) is 5.91 Å². The minimum atomic E-state index is -0.861. The molecular formula is C22H25BrN4O5. The Hall–Kier alpha value is -3.40. The molecular weight excluding hydrogens is 480 g/mol. The molecule has 0 spiro atoms. The van der Waals surface area contributed by atoms with Crippen LogP contribution in [-0.2, 0) is 14.4 Å². The molecule has 3 N–H and O–H groups in total. The highest BCUT2D eigenvalue weighted by molar-refractivity contribution is 9.10. The molecule has 0 radical (unpaired) electrons. The van der Waals surface area contributed by atoms with E-state index in [9.17, 15) is 14.4 Å². The molecule has 2 aromatic rings. The number of methoxy groups -OCH3 is 1. The molecule has 3 amide bonds. The highest BCUT2D eigenvalue weighted by Gasteiger charge is 2.14. The number of hydrogen-bond acceptors (Lipinski definition) is 6. The normalized spacial score (nSPS) is 10.5. The first-order valence-corrected chi connectivity index (χ1v) is 10.6. The summed E-state index contributed by atoms with van der Waals surface area (Å²) in [4.78, 5) is 35.4. The molecule has 2 rings (SSSR count). The van der Waals surface area contributed by atoms with Crippen molar-refractivity contribution in [3.8, 4) is 11.5 Å². The molecule has 0 aliphatic carbocycles. The largest absolute Gasteiger partial charge is 0.493 e. The maximum absolute atomic E-state index is 12.2. The number of hydrogen-bond donors (Lipinski definition) is 3. The Morgan fingerprint density at radius 3 is 2.62 bits per heavy atom. The second kappa shape index (κ2) is 12.5. The molecule has 170 valence electrons. The third-order valence-electron chi connectivity index (χ3n) is 4.02. The smallest absolute Gasteiger partial charge is 0.329 e. The number of rotatable bonds is 9. The summed E-state index contributed by atoms with van der Waals surface area (Å²) in [6.45, 7) is 4.00. The van der Waals surface area contributed by atoms with Gasteiger partial charge in [-0.25, -0.2) is 5.43 Å². The van der Waals surface area contributed by atoms with Crippen LogP contribution < -0.4 is 25.5 Å². The lowest BCUT2D eigenvalue weighted by Crippen LogP contribution is -2.38. The highest BCUT2D eigenvalue weighted by atomic mass is 79.9. The van der Waals surface area contributed by atoms with Gasteiger partial charge >= 0.3 is 11.8 Å². The SMILES string of the molecule is CCCNC(=O)C(=O)N/N=C\c1cc(Br)c(OCC(=O)Nc2cccc(C)c2)c(OC)c1. The number of anilines is 1. The Labute approximate surface area is 194 Å². The van der Waals surface area contributed by atoms with E-state index in [1.807, 2.05) is 32.0 Å². The minimum absolute atomic E-state index is 0.223. The van der Waals surface area contributed by atoms with Crippen LogP contribution in [0.2, 0.25) is 0 Å². The average Bonchev–Trinajstić information content (AvgIpc) is 2.76. The number of ether oxygens (including phenoxy) is 2. The first-order chi connectivity index (χ1) is 15.3. The molecule has 0 fully saturated rings. The van der Waals surface area contributed by atoms with Crippen LogP contribution in [0.1, 0.15) is 24.5 Å². The molecule has 0 aliphatic rings. The van der Waals surface area contributed by atoms with Crippen LogP contribution in [0.4, 0.5) is 5.69 Å². The predicted octanol–water partition coefficient (Wildman–Crippen LogP) is 2.76. The summed E-state index contributed by atoms with van der Waals surface area (Å²) in [6, 6.07) is 10.7. The number of carbonyl (C=O) groups is 3. The fourth-order valence-electron chi connectivity index (χ4n) is 2.55. The minimum Gasteiger partial charge on any atom is -0.493 e. The summed E-state index contributed by atoms with van der Waals surface area (Å²) >= 11 is 3.39. The first kappa shape index (κ1) is 24.9. The molecule has 0 bridgehead atoms. The zero-order chi connectivity index (χ0) is 23.5. The van der Waals surface area contributed by atoms with E-state index in [4.69, 9.17) is 9.47 Å². The fourth-order valence-corrected chi connectivity index (χ4v) is 3.12. The van der Waals surface area contributed by atoms with Crippen LogP contribution in [0.3, 0.4) is 0 Å². The standard InChI is InChI=1S/C22H25BrN4O5/c1-4-8-24-21(29)22(30)27-25-12-15-10-17(23)20(18(11-15)31-3)32-13-19(28)26-16-7-5-6-14(2)9-16/h5-7,9-12H,4,8,13H2,1-3H3,(H,24,29)(H,26,28)(H,27,30)/b25-12-. The maximum atomic E-state index is 12.2. The van der Waals surface area contributed by atoms with Crippen LogP contribution in [0, 0.1) is 6.92 Å². The van der Waals surface area contributed by atoms with Crippen molar-refractivity contribution < 1.29 is 23.9 Å². The van der Waals surface area contributed by atoms with Crippen LogP contribution >= 0.6 is 15.9 Å². The van der Waals surface area contributed by atoms with Gasteiger partial charge in [-0.1, -0.05) is 19.1 Å². The van der Waals surface area contributed by atoms with Crippen molar-refractivity contribution >= 4 is 45.6 Å². The van der Waals surface area contributed by atoms with Crippen LogP contribution in [0.15, 0.2) is 46.0 Å². The van der Waals surface area contributed by atoms with Gasteiger partial charge in [0.05, 0.1) is 17.8 Å². The van der Waals surface area contributed by atoms with Gasteiger partial charge in [0.2, 0.25) is 0 Å². The predicted molar refractivity (Wildman–Crippen MR) is 125 cm³/mol. The lowest BCUT2D eigenvalue weighted by Gasteiger charge is -2.13. The van der Waals surface area contributed by atoms with E-state index in [-0.39, 0.29) is 12.5 Å². The monoisotopic (exact) mass is 504 g/mol. The molecule has 0 heterocycles. The van der Waals surface area contributed by atoms with Crippen molar-refractivity contribution in [2.45, 2.75) is 20.3 Å². The molecule has 32 heavy (non-hydrogen) atoms. The van der Waals surface area contributed by atoms with Gasteiger partial charge in [-0.2, -0.15) is 5.10 Å². The van der Waals surface area contributed by atoms with E-state index in [0.717, 1.165) is 12.0 Å². The molecule has 0 atom stereocenters. The van der Waals surface area contributed by atoms with E-state index >= 15 is 0 Å². The second-order valence-electron chi connectivity index (χ2n) is 6.70. The molecule has 9 nitrogen and oxygen atoms in total. The Bertz CT molecular complexity index is 1010. The molecule has 10 heteroatoms. The average molecular weight is 505 g/mol. The Kier molecular flexibility index (Phi) is 9.68. The van der Waals surface area contributed by atoms with Crippen LogP contribution in [0.25, 0.3) is 0 Å². The van der Waals surface area contributed by atoms with Gasteiger partial charge in [0.15, 0.2) is 18.1 Å². The number of benzene rings is 2. The molecule has 2 aromatic carbocycles. The lowest BCUT2D eigenvalue weighted by atomic mass is 10.2. The summed E-state index contributed by atoms with van der Waals surface area (Å²) in [5, 5.41) is 9.00. The number of carbonyl (C=O) groups excluding carboxylic acids is 3. The quantitative estimate of drug-likeness (QED) is 0.275. The van der Waals surface area contributed by atoms with E-state index < -0.39 is 11.8 Å². The van der Waals surface area contributed by atoms with Crippen molar-refractivity contribution in [2.75, 3.05) is 25.6 Å². The Balaban J connectivity index is 1.99. The number of nitrogens with zero attached hydrogens (tertiary/aromatic N) is 1. The number of halogens is 1. The number of aryl methyl sites for hydroxylation is 1. The third kappa shape index (κ3) is 7.69. The molecule has 0 aliphatic heterocycles. The molecule has 0 unspecified atom stereocenters.